The standard InChI is InChI=1S/C16H24N2O3/c1-12-7-8-14(11-16(12)18(19)20)13(2)17-9-10-21-15-5-3-4-6-15/h7-8,11,13,15,17H,3-6,9-10H2,1-2H3. The number of aryl methyl sites for hydroxylation is 1. The van der Waals surface area contributed by atoms with Crippen LogP contribution in [-0.2, 0) is 4.74 Å². The number of rotatable bonds is 7. The van der Waals surface area contributed by atoms with Gasteiger partial charge in [0.25, 0.3) is 5.69 Å². The van der Waals surface area contributed by atoms with Gasteiger partial charge in [-0.05, 0) is 32.3 Å². The summed E-state index contributed by atoms with van der Waals surface area (Å²) in [4.78, 5) is 10.6. The van der Waals surface area contributed by atoms with E-state index in [2.05, 4.69) is 5.32 Å². The lowest BCUT2D eigenvalue weighted by Gasteiger charge is -2.16. The summed E-state index contributed by atoms with van der Waals surface area (Å²) in [7, 11) is 0. The van der Waals surface area contributed by atoms with Crippen LogP contribution in [-0.4, -0.2) is 24.2 Å². The summed E-state index contributed by atoms with van der Waals surface area (Å²) in [5.41, 5.74) is 1.82. The first kappa shape index (κ1) is 15.9. The largest absolute Gasteiger partial charge is 0.377 e. The molecule has 0 bridgehead atoms. The molecule has 116 valence electrons. The molecule has 2 rings (SSSR count). The molecule has 1 fully saturated rings. The zero-order valence-corrected chi connectivity index (χ0v) is 12.8. The van der Waals surface area contributed by atoms with Gasteiger partial charge >= 0.3 is 0 Å². The van der Waals surface area contributed by atoms with E-state index in [-0.39, 0.29) is 16.7 Å². The second-order valence-electron chi connectivity index (χ2n) is 5.76. The molecule has 0 radical (unpaired) electrons. The number of ether oxygens (including phenoxy) is 1. The van der Waals surface area contributed by atoms with Crippen molar-refractivity contribution in [3.63, 3.8) is 0 Å². The van der Waals surface area contributed by atoms with Crippen LogP contribution in [0.5, 0.6) is 0 Å². The third-order valence-electron chi connectivity index (χ3n) is 4.14. The maximum absolute atomic E-state index is 11.0. The van der Waals surface area contributed by atoms with E-state index < -0.39 is 0 Å². The summed E-state index contributed by atoms with van der Waals surface area (Å²) in [6.07, 6.45) is 5.35. The molecule has 1 atom stereocenters. The van der Waals surface area contributed by atoms with Crippen LogP contribution in [0.4, 0.5) is 5.69 Å². The second kappa shape index (κ2) is 7.52. The van der Waals surface area contributed by atoms with Crippen molar-refractivity contribution in [1.29, 1.82) is 0 Å². The van der Waals surface area contributed by atoms with E-state index in [1.165, 1.54) is 25.7 Å². The third kappa shape index (κ3) is 4.51. The predicted octanol–water partition coefficient (Wildman–Crippen LogP) is 3.51. The van der Waals surface area contributed by atoms with Crippen LogP contribution in [0.25, 0.3) is 0 Å². The lowest BCUT2D eigenvalue weighted by molar-refractivity contribution is -0.385. The molecule has 1 saturated carbocycles. The fraction of sp³-hybridized carbons (Fsp3) is 0.625. The molecule has 5 nitrogen and oxygen atoms in total. The first-order valence-corrected chi connectivity index (χ1v) is 7.68. The minimum absolute atomic E-state index is 0.0801. The molecular weight excluding hydrogens is 268 g/mol. The first-order valence-electron chi connectivity index (χ1n) is 7.68. The Hall–Kier alpha value is -1.46. The molecule has 0 aromatic heterocycles. The average molecular weight is 292 g/mol. The van der Waals surface area contributed by atoms with Crippen molar-refractivity contribution in [3.8, 4) is 0 Å². The fourth-order valence-corrected chi connectivity index (χ4v) is 2.77. The lowest BCUT2D eigenvalue weighted by Crippen LogP contribution is -2.25. The molecule has 1 aliphatic carbocycles. The molecule has 21 heavy (non-hydrogen) atoms. The van der Waals surface area contributed by atoms with Crippen molar-refractivity contribution in [2.45, 2.75) is 51.7 Å². The summed E-state index contributed by atoms with van der Waals surface area (Å²) in [5, 5.41) is 14.3. The smallest absolute Gasteiger partial charge is 0.272 e. The highest BCUT2D eigenvalue weighted by Gasteiger charge is 2.16. The number of hydrogen-bond acceptors (Lipinski definition) is 4. The highest BCUT2D eigenvalue weighted by Crippen LogP contribution is 2.23. The second-order valence-corrected chi connectivity index (χ2v) is 5.76. The van der Waals surface area contributed by atoms with Crippen LogP contribution >= 0.6 is 0 Å². The SMILES string of the molecule is Cc1ccc(C(C)NCCOC2CCCC2)cc1[N+](=O)[O-]. The zero-order valence-electron chi connectivity index (χ0n) is 12.8. The molecule has 0 amide bonds. The van der Waals surface area contributed by atoms with Gasteiger partial charge in [-0.1, -0.05) is 25.0 Å². The Morgan fingerprint density at radius 2 is 2.14 bits per heavy atom. The molecule has 5 heteroatoms. The van der Waals surface area contributed by atoms with Crippen molar-refractivity contribution in [2.24, 2.45) is 0 Å². The quantitative estimate of drug-likeness (QED) is 0.474. The van der Waals surface area contributed by atoms with E-state index in [0.717, 1.165) is 12.1 Å². The van der Waals surface area contributed by atoms with Crippen molar-refractivity contribution >= 4 is 5.69 Å². The zero-order chi connectivity index (χ0) is 15.2. The number of nitro benzene ring substituents is 1. The third-order valence-corrected chi connectivity index (χ3v) is 4.14. The minimum atomic E-state index is -0.325. The van der Waals surface area contributed by atoms with E-state index in [1.54, 1.807) is 19.1 Å². The summed E-state index contributed by atoms with van der Waals surface area (Å²) in [5.74, 6) is 0. The Bertz CT molecular complexity index is 484. The van der Waals surface area contributed by atoms with Crippen molar-refractivity contribution < 1.29 is 9.66 Å². The van der Waals surface area contributed by atoms with Crippen LogP contribution in [0.2, 0.25) is 0 Å². The van der Waals surface area contributed by atoms with Crippen LogP contribution < -0.4 is 5.32 Å². The molecule has 0 saturated heterocycles. The Morgan fingerprint density at radius 1 is 1.43 bits per heavy atom. The van der Waals surface area contributed by atoms with Gasteiger partial charge in [0.2, 0.25) is 0 Å². The van der Waals surface area contributed by atoms with Gasteiger partial charge in [-0.15, -0.1) is 0 Å². The Morgan fingerprint density at radius 3 is 2.81 bits per heavy atom. The van der Waals surface area contributed by atoms with Crippen LogP contribution in [0.15, 0.2) is 18.2 Å². The Kier molecular flexibility index (Phi) is 5.70. The average Bonchev–Trinajstić information content (AvgIpc) is 2.96. The molecule has 1 aliphatic rings. The van der Waals surface area contributed by atoms with Crippen molar-refractivity contribution in [2.75, 3.05) is 13.2 Å². The summed E-state index contributed by atoms with van der Waals surface area (Å²) in [6.45, 7) is 5.24. The summed E-state index contributed by atoms with van der Waals surface area (Å²) < 4.78 is 5.80. The first-order chi connectivity index (χ1) is 10.1. The lowest BCUT2D eigenvalue weighted by atomic mass is 10.0. The van der Waals surface area contributed by atoms with Crippen LogP contribution in [0, 0.1) is 17.0 Å². The van der Waals surface area contributed by atoms with E-state index in [9.17, 15) is 10.1 Å². The molecule has 0 heterocycles. The fourth-order valence-electron chi connectivity index (χ4n) is 2.77. The van der Waals surface area contributed by atoms with Crippen molar-refractivity contribution in [3.05, 3.63) is 39.4 Å². The maximum atomic E-state index is 11.0. The highest BCUT2D eigenvalue weighted by molar-refractivity contribution is 5.43. The Balaban J connectivity index is 1.81. The van der Waals surface area contributed by atoms with E-state index in [1.807, 2.05) is 13.0 Å². The van der Waals surface area contributed by atoms with Gasteiger partial charge in [0.05, 0.1) is 17.6 Å². The maximum Gasteiger partial charge on any atom is 0.272 e. The summed E-state index contributed by atoms with van der Waals surface area (Å²) >= 11 is 0. The molecule has 1 aromatic carbocycles. The van der Waals surface area contributed by atoms with Crippen molar-refractivity contribution in [1.82, 2.24) is 5.32 Å². The predicted molar refractivity (Wildman–Crippen MR) is 82.5 cm³/mol. The van der Waals surface area contributed by atoms with Gasteiger partial charge in [-0.2, -0.15) is 0 Å². The van der Waals surface area contributed by atoms with E-state index in [4.69, 9.17) is 4.74 Å². The van der Waals surface area contributed by atoms with Gasteiger partial charge in [0, 0.05) is 24.2 Å². The molecular formula is C16H24N2O3. The topological polar surface area (TPSA) is 64.4 Å². The van der Waals surface area contributed by atoms with Gasteiger partial charge in [-0.3, -0.25) is 10.1 Å². The van der Waals surface area contributed by atoms with Gasteiger partial charge in [0.1, 0.15) is 0 Å². The number of benzene rings is 1. The molecule has 0 aliphatic heterocycles. The minimum Gasteiger partial charge on any atom is -0.377 e. The normalized spacial score (nSPS) is 17.0. The number of nitro groups is 1. The number of nitrogens with zero attached hydrogens (tertiary/aromatic N) is 1. The van der Waals surface area contributed by atoms with Gasteiger partial charge in [-0.25, -0.2) is 0 Å². The molecule has 1 N–H and O–H groups in total. The summed E-state index contributed by atoms with van der Waals surface area (Å²) in [6, 6.07) is 5.49. The van der Waals surface area contributed by atoms with Crippen LogP contribution in [0.1, 0.15) is 49.8 Å². The van der Waals surface area contributed by atoms with Crippen LogP contribution in [0.3, 0.4) is 0 Å². The van der Waals surface area contributed by atoms with E-state index >= 15 is 0 Å². The number of hydrogen-bond donors (Lipinski definition) is 1. The highest BCUT2D eigenvalue weighted by atomic mass is 16.6. The molecule has 0 spiro atoms. The van der Waals surface area contributed by atoms with Gasteiger partial charge < -0.3 is 10.1 Å². The number of nitrogens with one attached hydrogen (secondary N) is 1. The monoisotopic (exact) mass is 292 g/mol. The van der Waals surface area contributed by atoms with Gasteiger partial charge in [0.15, 0.2) is 0 Å². The Labute approximate surface area is 125 Å². The van der Waals surface area contributed by atoms with E-state index in [0.29, 0.717) is 18.3 Å². The molecule has 1 aromatic rings. The molecule has 1 unspecified atom stereocenters.